The smallest absolute Gasteiger partial charge is 0.262 e. The van der Waals surface area contributed by atoms with Crippen LogP contribution >= 0.6 is 0 Å². The fraction of sp³-hybridized carbons (Fsp3) is 0.308. The lowest BCUT2D eigenvalue weighted by molar-refractivity contribution is -0.127. The van der Waals surface area contributed by atoms with Gasteiger partial charge >= 0.3 is 0 Å². The summed E-state index contributed by atoms with van der Waals surface area (Å²) >= 11 is 0. The molecule has 9 nitrogen and oxygen atoms in total. The van der Waals surface area contributed by atoms with Crippen LogP contribution in [0.25, 0.3) is 22.3 Å². The molecule has 0 aliphatic carbocycles. The number of anilines is 1. The van der Waals surface area contributed by atoms with Crippen molar-refractivity contribution >= 4 is 28.5 Å². The molecule has 1 N–H and O–H groups in total. The Morgan fingerprint density at radius 2 is 1.94 bits per heavy atom. The lowest BCUT2D eigenvalue weighted by Crippen LogP contribution is -2.50. The van der Waals surface area contributed by atoms with Gasteiger partial charge in [-0.15, -0.1) is 0 Å². The Labute approximate surface area is 202 Å². The number of carbonyl (C=O) groups is 2. The highest BCUT2D eigenvalue weighted by Crippen LogP contribution is 2.36. The summed E-state index contributed by atoms with van der Waals surface area (Å²) in [6, 6.07) is 11.0. The average Bonchev–Trinajstić information content (AvgIpc) is 3.44. The van der Waals surface area contributed by atoms with E-state index in [4.69, 9.17) is 14.1 Å². The molecular formula is C26H27N5O4. The minimum absolute atomic E-state index is 0.0483. The zero-order valence-corrected chi connectivity index (χ0v) is 20.3. The lowest BCUT2D eigenvalue weighted by atomic mass is 10.0. The molecule has 1 aliphatic rings. The molecule has 0 bridgehead atoms. The van der Waals surface area contributed by atoms with E-state index in [1.54, 1.807) is 35.0 Å². The van der Waals surface area contributed by atoms with Gasteiger partial charge in [-0.25, -0.2) is 9.67 Å². The Morgan fingerprint density at radius 1 is 1.17 bits per heavy atom. The summed E-state index contributed by atoms with van der Waals surface area (Å²) < 4.78 is 13.4. The summed E-state index contributed by atoms with van der Waals surface area (Å²) in [6.07, 6.45) is 0.850. The quantitative estimate of drug-likeness (QED) is 0.480. The van der Waals surface area contributed by atoms with Crippen LogP contribution in [0, 0.1) is 13.8 Å². The van der Waals surface area contributed by atoms with Gasteiger partial charge in [-0.3, -0.25) is 9.59 Å². The Morgan fingerprint density at radius 3 is 2.63 bits per heavy atom. The van der Waals surface area contributed by atoms with Crippen LogP contribution in [0.2, 0.25) is 0 Å². The number of fused-ring (bicyclic) bond motifs is 2. The fourth-order valence-corrected chi connectivity index (χ4v) is 4.47. The van der Waals surface area contributed by atoms with Crippen molar-refractivity contribution in [1.82, 2.24) is 20.1 Å². The van der Waals surface area contributed by atoms with Crippen LogP contribution in [0.15, 0.2) is 47.0 Å². The Balaban J connectivity index is 1.69. The first-order valence-corrected chi connectivity index (χ1v) is 11.5. The van der Waals surface area contributed by atoms with E-state index < -0.39 is 6.10 Å². The summed E-state index contributed by atoms with van der Waals surface area (Å²) in [5, 5.41) is 7.78. The van der Waals surface area contributed by atoms with Gasteiger partial charge in [-0.05, 0) is 52.0 Å². The number of nitrogens with one attached hydrogen (secondary N) is 1. The summed E-state index contributed by atoms with van der Waals surface area (Å²) in [7, 11) is 1.55. The van der Waals surface area contributed by atoms with Crippen LogP contribution in [0.1, 0.15) is 41.8 Å². The van der Waals surface area contributed by atoms with Crippen LogP contribution in [0.3, 0.4) is 0 Å². The molecule has 180 valence electrons. The minimum Gasteiger partial charge on any atom is -0.477 e. The van der Waals surface area contributed by atoms with E-state index in [9.17, 15) is 9.59 Å². The number of amides is 2. The van der Waals surface area contributed by atoms with Gasteiger partial charge in [-0.2, -0.15) is 5.10 Å². The van der Waals surface area contributed by atoms with E-state index in [1.165, 1.54) is 0 Å². The summed E-state index contributed by atoms with van der Waals surface area (Å²) in [5.41, 5.74) is 3.12. The van der Waals surface area contributed by atoms with Crippen molar-refractivity contribution in [3.63, 3.8) is 0 Å². The molecule has 35 heavy (non-hydrogen) atoms. The molecule has 5 rings (SSSR count). The second kappa shape index (κ2) is 8.57. The van der Waals surface area contributed by atoms with Crippen molar-refractivity contribution in [2.75, 3.05) is 18.5 Å². The molecule has 4 heterocycles. The number of furan rings is 1. The number of pyridine rings is 1. The third kappa shape index (κ3) is 3.82. The fourth-order valence-electron chi connectivity index (χ4n) is 4.47. The Hall–Kier alpha value is -4.14. The van der Waals surface area contributed by atoms with Crippen molar-refractivity contribution < 1.29 is 18.7 Å². The van der Waals surface area contributed by atoms with Crippen molar-refractivity contribution in [2.45, 2.75) is 39.8 Å². The molecule has 0 saturated carbocycles. The number of rotatable bonds is 4. The predicted octanol–water partition coefficient (Wildman–Crippen LogP) is 4.04. The summed E-state index contributed by atoms with van der Waals surface area (Å²) in [6.45, 7) is 7.87. The number of likely N-dealkylation sites (N-methyl/N-ethyl adjacent to an activating group) is 1. The molecular weight excluding hydrogens is 446 g/mol. The van der Waals surface area contributed by atoms with Crippen LogP contribution < -0.4 is 15.0 Å². The first-order valence-electron chi connectivity index (χ1n) is 11.5. The number of aromatic nitrogens is 3. The first-order chi connectivity index (χ1) is 16.8. The number of hydrogen-bond donors (Lipinski definition) is 1. The molecule has 1 aromatic carbocycles. The molecule has 0 fully saturated rings. The number of para-hydroxylation sites is 2. The van der Waals surface area contributed by atoms with E-state index in [1.807, 2.05) is 52.0 Å². The monoisotopic (exact) mass is 473 g/mol. The molecule has 1 atom stereocenters. The largest absolute Gasteiger partial charge is 0.477 e. The van der Waals surface area contributed by atoms with Crippen LogP contribution in [-0.2, 0) is 4.79 Å². The van der Waals surface area contributed by atoms with E-state index in [0.29, 0.717) is 33.7 Å². The first kappa shape index (κ1) is 22.6. The number of carbonyl (C=O) groups excluding carboxylic acids is 2. The van der Waals surface area contributed by atoms with Gasteiger partial charge in [0.05, 0.1) is 35.1 Å². The van der Waals surface area contributed by atoms with E-state index in [0.717, 1.165) is 17.1 Å². The number of aryl methyl sites for hydroxylation is 2. The molecule has 1 unspecified atom stereocenters. The normalized spacial score (nSPS) is 15.3. The van der Waals surface area contributed by atoms with E-state index >= 15 is 0 Å². The van der Waals surface area contributed by atoms with Crippen molar-refractivity contribution in [3.05, 3.63) is 59.7 Å². The molecule has 9 heteroatoms. The lowest BCUT2D eigenvalue weighted by Gasteiger charge is -2.34. The van der Waals surface area contributed by atoms with E-state index in [2.05, 4.69) is 10.4 Å². The Kier molecular flexibility index (Phi) is 5.55. The highest BCUT2D eigenvalue weighted by Gasteiger charge is 2.35. The number of hydrogen-bond acceptors (Lipinski definition) is 6. The van der Waals surface area contributed by atoms with E-state index in [-0.39, 0.29) is 24.4 Å². The molecule has 4 aromatic rings. The average molecular weight is 474 g/mol. The topological polar surface area (TPSA) is 102 Å². The number of nitrogens with zero attached hydrogens (tertiary/aromatic N) is 4. The van der Waals surface area contributed by atoms with Gasteiger partial charge in [0.2, 0.25) is 0 Å². The van der Waals surface area contributed by atoms with Gasteiger partial charge in [0.1, 0.15) is 17.3 Å². The van der Waals surface area contributed by atoms with Crippen molar-refractivity contribution in [3.8, 4) is 17.0 Å². The maximum atomic E-state index is 14.1. The molecule has 1 aliphatic heterocycles. The molecule has 0 radical (unpaired) electrons. The Bertz CT molecular complexity index is 1450. The molecule has 0 spiro atoms. The standard InChI is InChI=1S/C26H27N5O4/c1-14(2)31-24-19(12-28-31)18(11-20(29-24)17-10-15(3)34-16(17)4)26(33)30-13-23(25(32)27-5)35-22-9-7-6-8-21(22)30/h6-12,14,23H,13H2,1-5H3,(H,27,32). The second-order valence-corrected chi connectivity index (χ2v) is 8.91. The van der Waals surface area contributed by atoms with Crippen LogP contribution in [-0.4, -0.2) is 46.3 Å². The zero-order chi connectivity index (χ0) is 24.9. The SMILES string of the molecule is CNC(=O)C1CN(C(=O)c2cc(-c3cc(C)oc3C)nc3c2cnn3C(C)C)c2ccccc2O1. The summed E-state index contributed by atoms with van der Waals surface area (Å²) in [5.74, 6) is 1.41. The van der Waals surface area contributed by atoms with Gasteiger partial charge in [-0.1, -0.05) is 12.1 Å². The second-order valence-electron chi connectivity index (χ2n) is 8.91. The molecule has 2 amide bonds. The molecule has 0 saturated heterocycles. The maximum Gasteiger partial charge on any atom is 0.262 e. The molecule has 3 aromatic heterocycles. The van der Waals surface area contributed by atoms with Gasteiger partial charge in [0.15, 0.2) is 11.8 Å². The van der Waals surface area contributed by atoms with Crippen molar-refractivity contribution in [1.29, 1.82) is 0 Å². The third-order valence-corrected chi connectivity index (χ3v) is 6.16. The van der Waals surface area contributed by atoms with Crippen molar-refractivity contribution in [2.24, 2.45) is 0 Å². The number of ether oxygens (including phenoxy) is 1. The van der Waals surface area contributed by atoms with Gasteiger partial charge in [0, 0.05) is 18.7 Å². The van der Waals surface area contributed by atoms with Crippen LogP contribution in [0.4, 0.5) is 5.69 Å². The van der Waals surface area contributed by atoms with Crippen LogP contribution in [0.5, 0.6) is 5.75 Å². The number of benzene rings is 1. The minimum atomic E-state index is -0.826. The van der Waals surface area contributed by atoms with Gasteiger partial charge < -0.3 is 19.4 Å². The highest BCUT2D eigenvalue weighted by molar-refractivity contribution is 6.15. The summed E-state index contributed by atoms with van der Waals surface area (Å²) in [4.78, 5) is 33.0. The predicted molar refractivity (Wildman–Crippen MR) is 132 cm³/mol. The maximum absolute atomic E-state index is 14.1. The zero-order valence-electron chi connectivity index (χ0n) is 20.3. The van der Waals surface area contributed by atoms with Gasteiger partial charge in [0.25, 0.3) is 11.8 Å². The third-order valence-electron chi connectivity index (χ3n) is 6.16. The highest BCUT2D eigenvalue weighted by atomic mass is 16.5.